The minimum absolute atomic E-state index is 0.0706. The van der Waals surface area contributed by atoms with Crippen molar-refractivity contribution in [3.8, 4) is 0 Å². The maximum Gasteiger partial charge on any atom is 0.221 e. The molecule has 1 rings (SSSR count). The molecule has 1 amide bonds. The molecule has 1 unspecified atom stereocenters. The molecule has 1 fully saturated rings. The smallest absolute Gasteiger partial charge is 0.221 e. The van der Waals surface area contributed by atoms with Crippen LogP contribution in [0.3, 0.4) is 0 Å². The fourth-order valence-electron chi connectivity index (χ4n) is 1.21. The first-order chi connectivity index (χ1) is 5.33. The summed E-state index contributed by atoms with van der Waals surface area (Å²) in [7, 11) is 0. The summed E-state index contributed by atoms with van der Waals surface area (Å²) in [5, 5.41) is 6.07. The number of nitrogens with one attached hydrogen (secondary N) is 2. The van der Waals surface area contributed by atoms with E-state index in [1.165, 1.54) is 0 Å². The maximum atomic E-state index is 11.0. The Bertz CT molecular complexity index is 132. The van der Waals surface area contributed by atoms with Gasteiger partial charge in [-0.05, 0) is 13.0 Å². The van der Waals surface area contributed by atoms with Crippen LogP contribution in [0.1, 0.15) is 12.8 Å². The lowest BCUT2D eigenvalue weighted by molar-refractivity contribution is -0.121. The SMILES string of the molecule is NCCC(=O)NC1CCNC1. The van der Waals surface area contributed by atoms with Crippen molar-refractivity contribution in [2.75, 3.05) is 19.6 Å². The molecule has 64 valence electrons. The Kier molecular flexibility index (Phi) is 3.32. The second-order valence-corrected chi connectivity index (χ2v) is 2.80. The molecule has 4 N–H and O–H groups in total. The summed E-state index contributed by atoms with van der Waals surface area (Å²) in [6, 6.07) is 0.328. The minimum atomic E-state index is 0.0706. The molecule has 0 spiro atoms. The van der Waals surface area contributed by atoms with E-state index in [1.807, 2.05) is 0 Å². The lowest BCUT2D eigenvalue weighted by Gasteiger charge is -2.09. The van der Waals surface area contributed by atoms with Gasteiger partial charge in [-0.1, -0.05) is 0 Å². The van der Waals surface area contributed by atoms with Gasteiger partial charge in [-0.25, -0.2) is 0 Å². The highest BCUT2D eigenvalue weighted by Gasteiger charge is 2.15. The number of carbonyl (C=O) groups is 1. The van der Waals surface area contributed by atoms with E-state index in [1.54, 1.807) is 0 Å². The van der Waals surface area contributed by atoms with Gasteiger partial charge in [-0.2, -0.15) is 0 Å². The molecular weight excluding hydrogens is 142 g/mol. The largest absolute Gasteiger partial charge is 0.352 e. The van der Waals surface area contributed by atoms with E-state index in [4.69, 9.17) is 5.73 Å². The highest BCUT2D eigenvalue weighted by molar-refractivity contribution is 5.76. The van der Waals surface area contributed by atoms with E-state index in [0.717, 1.165) is 19.5 Å². The van der Waals surface area contributed by atoms with Crippen LogP contribution >= 0.6 is 0 Å². The van der Waals surface area contributed by atoms with Gasteiger partial charge in [0, 0.05) is 25.6 Å². The van der Waals surface area contributed by atoms with E-state index >= 15 is 0 Å². The summed E-state index contributed by atoms with van der Waals surface area (Å²) >= 11 is 0. The fraction of sp³-hybridized carbons (Fsp3) is 0.857. The third kappa shape index (κ3) is 2.86. The molecule has 1 aliphatic rings. The second-order valence-electron chi connectivity index (χ2n) is 2.80. The highest BCUT2D eigenvalue weighted by atomic mass is 16.1. The molecule has 4 nitrogen and oxygen atoms in total. The van der Waals surface area contributed by atoms with E-state index in [-0.39, 0.29) is 5.91 Å². The summed E-state index contributed by atoms with van der Waals surface area (Å²) in [6.45, 7) is 2.34. The Hall–Kier alpha value is -0.610. The van der Waals surface area contributed by atoms with Crippen LogP contribution in [0.5, 0.6) is 0 Å². The molecule has 1 heterocycles. The molecule has 1 aliphatic heterocycles. The zero-order valence-corrected chi connectivity index (χ0v) is 6.60. The van der Waals surface area contributed by atoms with E-state index in [9.17, 15) is 4.79 Å². The van der Waals surface area contributed by atoms with Gasteiger partial charge in [0.1, 0.15) is 0 Å². The third-order valence-corrected chi connectivity index (χ3v) is 1.80. The molecule has 0 saturated carbocycles. The number of rotatable bonds is 3. The molecular formula is C7H15N3O. The Morgan fingerprint density at radius 2 is 2.55 bits per heavy atom. The number of carbonyl (C=O) groups excluding carboxylic acids is 1. The van der Waals surface area contributed by atoms with Crippen LogP contribution in [-0.2, 0) is 4.79 Å². The normalized spacial score (nSPS) is 23.5. The first-order valence-electron chi connectivity index (χ1n) is 4.03. The molecule has 0 aromatic carbocycles. The number of hydrogen-bond acceptors (Lipinski definition) is 3. The van der Waals surface area contributed by atoms with Crippen LogP contribution in [0.25, 0.3) is 0 Å². The lowest BCUT2D eigenvalue weighted by atomic mass is 10.2. The number of hydrogen-bond donors (Lipinski definition) is 3. The summed E-state index contributed by atoms with van der Waals surface area (Å²) in [5.74, 6) is 0.0706. The van der Waals surface area contributed by atoms with Crippen molar-refractivity contribution < 1.29 is 4.79 Å². The monoisotopic (exact) mass is 157 g/mol. The van der Waals surface area contributed by atoms with Crippen molar-refractivity contribution in [3.05, 3.63) is 0 Å². The van der Waals surface area contributed by atoms with Gasteiger partial charge in [0.25, 0.3) is 0 Å². The quantitative estimate of drug-likeness (QED) is 0.483. The molecule has 1 atom stereocenters. The topological polar surface area (TPSA) is 67.2 Å². The van der Waals surface area contributed by atoms with Gasteiger partial charge < -0.3 is 16.4 Å². The van der Waals surface area contributed by atoms with Gasteiger partial charge in [0.05, 0.1) is 0 Å². The van der Waals surface area contributed by atoms with E-state index < -0.39 is 0 Å². The maximum absolute atomic E-state index is 11.0. The molecule has 0 radical (unpaired) electrons. The van der Waals surface area contributed by atoms with Crippen molar-refractivity contribution in [1.82, 2.24) is 10.6 Å². The molecule has 1 saturated heterocycles. The van der Waals surface area contributed by atoms with Crippen LogP contribution in [-0.4, -0.2) is 31.6 Å². The Morgan fingerprint density at radius 1 is 1.73 bits per heavy atom. The van der Waals surface area contributed by atoms with E-state index in [2.05, 4.69) is 10.6 Å². The van der Waals surface area contributed by atoms with Gasteiger partial charge >= 0.3 is 0 Å². The van der Waals surface area contributed by atoms with Crippen LogP contribution in [0.2, 0.25) is 0 Å². The number of amides is 1. The summed E-state index contributed by atoms with van der Waals surface area (Å²) in [4.78, 5) is 11.0. The van der Waals surface area contributed by atoms with Crippen LogP contribution in [0.15, 0.2) is 0 Å². The first-order valence-corrected chi connectivity index (χ1v) is 4.03. The average molecular weight is 157 g/mol. The molecule has 0 aromatic rings. The van der Waals surface area contributed by atoms with Gasteiger partial charge in [-0.3, -0.25) is 4.79 Å². The van der Waals surface area contributed by atoms with Crippen molar-refractivity contribution in [2.45, 2.75) is 18.9 Å². The highest BCUT2D eigenvalue weighted by Crippen LogP contribution is 1.96. The summed E-state index contributed by atoms with van der Waals surface area (Å²) in [5.41, 5.74) is 5.23. The molecule has 0 aliphatic carbocycles. The lowest BCUT2D eigenvalue weighted by Crippen LogP contribution is -2.36. The summed E-state index contributed by atoms with van der Waals surface area (Å²) < 4.78 is 0. The van der Waals surface area contributed by atoms with Gasteiger partial charge in [0.2, 0.25) is 5.91 Å². The van der Waals surface area contributed by atoms with E-state index in [0.29, 0.717) is 19.0 Å². The minimum Gasteiger partial charge on any atom is -0.352 e. The van der Waals surface area contributed by atoms with Gasteiger partial charge in [0.15, 0.2) is 0 Å². The Balaban J connectivity index is 2.13. The first kappa shape index (κ1) is 8.49. The van der Waals surface area contributed by atoms with Crippen molar-refractivity contribution in [3.63, 3.8) is 0 Å². The van der Waals surface area contributed by atoms with Crippen molar-refractivity contribution >= 4 is 5.91 Å². The molecule has 0 aromatic heterocycles. The zero-order valence-electron chi connectivity index (χ0n) is 6.60. The van der Waals surface area contributed by atoms with Crippen LogP contribution in [0.4, 0.5) is 0 Å². The van der Waals surface area contributed by atoms with Crippen molar-refractivity contribution in [1.29, 1.82) is 0 Å². The van der Waals surface area contributed by atoms with Crippen LogP contribution in [0, 0.1) is 0 Å². The summed E-state index contributed by atoms with van der Waals surface area (Å²) in [6.07, 6.45) is 1.48. The zero-order chi connectivity index (χ0) is 8.10. The predicted octanol–water partition coefficient (Wildman–Crippen LogP) is -1.19. The standard InChI is InChI=1S/C7H15N3O/c8-3-1-7(11)10-6-2-4-9-5-6/h6,9H,1-5,8H2,(H,10,11). The molecule has 0 bridgehead atoms. The van der Waals surface area contributed by atoms with Crippen molar-refractivity contribution in [2.24, 2.45) is 5.73 Å². The van der Waals surface area contributed by atoms with Crippen LogP contribution < -0.4 is 16.4 Å². The number of nitrogens with two attached hydrogens (primary N) is 1. The predicted molar refractivity (Wildman–Crippen MR) is 43.1 cm³/mol. The average Bonchev–Trinajstić information content (AvgIpc) is 2.40. The Morgan fingerprint density at radius 3 is 3.09 bits per heavy atom. The second kappa shape index (κ2) is 4.31. The Labute approximate surface area is 66.5 Å². The van der Waals surface area contributed by atoms with Gasteiger partial charge in [-0.15, -0.1) is 0 Å². The molecule has 11 heavy (non-hydrogen) atoms. The third-order valence-electron chi connectivity index (χ3n) is 1.80. The molecule has 4 heteroatoms. The fourth-order valence-corrected chi connectivity index (χ4v) is 1.21.